The Hall–Kier alpha value is -1.36. The van der Waals surface area contributed by atoms with E-state index in [-0.39, 0.29) is 6.61 Å². The lowest BCUT2D eigenvalue weighted by Gasteiger charge is -2.42. The van der Waals surface area contributed by atoms with E-state index in [2.05, 4.69) is 5.32 Å². The van der Waals surface area contributed by atoms with Gasteiger partial charge >= 0.3 is 6.09 Å². The Morgan fingerprint density at radius 2 is 1.81 bits per heavy atom. The van der Waals surface area contributed by atoms with Crippen LogP contribution in [0, 0.1) is 0 Å². The van der Waals surface area contributed by atoms with Crippen molar-refractivity contribution in [2.24, 2.45) is 0 Å². The molecule has 4 N–H and O–H groups in total. The summed E-state index contributed by atoms with van der Waals surface area (Å²) in [7, 11) is 0. The largest absolute Gasteiger partial charge is 0.445 e. The molecule has 1 fully saturated rings. The maximum atomic E-state index is 12.1. The van der Waals surface area contributed by atoms with Crippen molar-refractivity contribution in [3.05, 3.63) is 48.0 Å². The molecule has 170 valence electrons. The van der Waals surface area contributed by atoms with Crippen molar-refractivity contribution in [1.82, 2.24) is 5.32 Å². The van der Waals surface area contributed by atoms with Gasteiger partial charge < -0.3 is 34.8 Å². The minimum atomic E-state index is -1.81. The highest BCUT2D eigenvalue weighted by Gasteiger charge is 2.46. The molecule has 11 heteroatoms. The third kappa shape index (κ3) is 6.57. The van der Waals surface area contributed by atoms with Gasteiger partial charge in [-0.15, -0.1) is 0 Å². The Balaban J connectivity index is 1.70. The molecular weight excluding hydrogens is 473 g/mol. The number of hydrogen-bond acceptors (Lipinski definition) is 7. The first-order valence-electron chi connectivity index (χ1n) is 9.40. The third-order valence-electron chi connectivity index (χ3n) is 4.76. The van der Waals surface area contributed by atoms with Gasteiger partial charge in [0.2, 0.25) is 3.79 Å². The van der Waals surface area contributed by atoms with Gasteiger partial charge in [-0.05, 0) is 22.4 Å². The van der Waals surface area contributed by atoms with Crippen LogP contribution in [0.2, 0.25) is 0 Å². The number of amides is 1. The number of aliphatic hydroxyl groups excluding tert-OH is 3. The molecule has 2 aromatic rings. The van der Waals surface area contributed by atoms with Gasteiger partial charge in [-0.1, -0.05) is 71.2 Å². The van der Waals surface area contributed by atoms with E-state index in [1.54, 1.807) is 0 Å². The van der Waals surface area contributed by atoms with Crippen LogP contribution in [0.25, 0.3) is 10.8 Å². The Kier molecular flexibility index (Phi) is 8.23. The summed E-state index contributed by atoms with van der Waals surface area (Å²) in [5, 5.41) is 34.5. The van der Waals surface area contributed by atoms with Crippen molar-refractivity contribution >= 4 is 51.7 Å². The van der Waals surface area contributed by atoms with Crippen molar-refractivity contribution in [2.45, 2.75) is 41.0 Å². The molecule has 0 unspecified atom stereocenters. The molecule has 0 bridgehead atoms. The lowest BCUT2D eigenvalue weighted by atomic mass is 9.97. The molecule has 0 aromatic heterocycles. The lowest BCUT2D eigenvalue weighted by molar-refractivity contribution is -0.273. The van der Waals surface area contributed by atoms with E-state index in [1.165, 1.54) is 0 Å². The first-order chi connectivity index (χ1) is 14.7. The molecule has 0 aliphatic carbocycles. The van der Waals surface area contributed by atoms with Crippen LogP contribution in [0.5, 0.6) is 0 Å². The van der Waals surface area contributed by atoms with Gasteiger partial charge in [-0.2, -0.15) is 0 Å². The van der Waals surface area contributed by atoms with Crippen LogP contribution < -0.4 is 5.32 Å². The number of alkyl halides is 3. The number of alkyl carbamates (subject to hydrolysis) is 1. The van der Waals surface area contributed by atoms with Crippen molar-refractivity contribution in [3.8, 4) is 0 Å². The van der Waals surface area contributed by atoms with Gasteiger partial charge in [-0.25, -0.2) is 4.79 Å². The SMILES string of the molecule is O=C(N[C@H]1[C@H](OCc2ccc3ccccc3c2)O[C@H](CO)[C@@H](O)[C@@H]1O)OCC(Cl)(Cl)Cl. The zero-order chi connectivity index (χ0) is 22.6. The molecule has 3 rings (SSSR count). The highest BCUT2D eigenvalue weighted by atomic mass is 35.6. The minimum Gasteiger partial charge on any atom is -0.445 e. The van der Waals surface area contributed by atoms with Crippen molar-refractivity contribution in [1.29, 1.82) is 0 Å². The molecule has 1 heterocycles. The molecule has 1 amide bonds. The zero-order valence-corrected chi connectivity index (χ0v) is 18.4. The second-order valence-electron chi connectivity index (χ2n) is 7.06. The van der Waals surface area contributed by atoms with Gasteiger partial charge in [-0.3, -0.25) is 0 Å². The molecule has 8 nitrogen and oxygen atoms in total. The maximum Gasteiger partial charge on any atom is 0.407 e. The number of aliphatic hydroxyl groups is 3. The molecule has 1 saturated heterocycles. The van der Waals surface area contributed by atoms with Gasteiger partial charge in [0.25, 0.3) is 0 Å². The minimum absolute atomic E-state index is 0.0812. The monoisotopic (exact) mass is 493 g/mol. The molecule has 2 aromatic carbocycles. The highest BCUT2D eigenvalue weighted by Crippen LogP contribution is 2.27. The van der Waals surface area contributed by atoms with Crippen molar-refractivity contribution in [2.75, 3.05) is 13.2 Å². The van der Waals surface area contributed by atoms with E-state index >= 15 is 0 Å². The van der Waals surface area contributed by atoms with E-state index < -0.39 is 53.7 Å². The van der Waals surface area contributed by atoms with E-state index in [0.717, 1.165) is 16.3 Å². The summed E-state index contributed by atoms with van der Waals surface area (Å²) in [5.74, 6) is 0. The van der Waals surface area contributed by atoms with Crippen LogP contribution in [-0.2, 0) is 20.8 Å². The van der Waals surface area contributed by atoms with Crippen LogP contribution in [0.4, 0.5) is 4.79 Å². The summed E-state index contributed by atoms with van der Waals surface area (Å²) < 4.78 is 14.3. The summed E-state index contributed by atoms with van der Waals surface area (Å²) in [6.45, 7) is -1.01. The van der Waals surface area contributed by atoms with Gasteiger partial charge in [0.05, 0.1) is 13.2 Å². The summed E-state index contributed by atoms with van der Waals surface area (Å²) in [4.78, 5) is 12.1. The van der Waals surface area contributed by atoms with Crippen molar-refractivity contribution < 1.29 is 34.3 Å². The maximum absolute atomic E-state index is 12.1. The number of halogens is 3. The molecule has 31 heavy (non-hydrogen) atoms. The van der Waals surface area contributed by atoms with E-state index in [9.17, 15) is 20.1 Å². The smallest absolute Gasteiger partial charge is 0.407 e. The number of fused-ring (bicyclic) bond motifs is 1. The summed E-state index contributed by atoms with van der Waals surface area (Å²) in [6.07, 6.45) is -6.28. The summed E-state index contributed by atoms with van der Waals surface area (Å²) in [5.41, 5.74) is 0.820. The molecule has 5 atom stereocenters. The second-order valence-corrected chi connectivity index (χ2v) is 9.58. The Bertz CT molecular complexity index is 894. The predicted molar refractivity (Wildman–Crippen MR) is 115 cm³/mol. The first kappa shape index (κ1) is 24.3. The van der Waals surface area contributed by atoms with Crippen LogP contribution in [0.1, 0.15) is 5.56 Å². The molecule has 1 aliphatic heterocycles. The number of rotatable bonds is 6. The second kappa shape index (κ2) is 10.5. The molecule has 0 spiro atoms. The normalized spacial score (nSPS) is 26.6. The zero-order valence-electron chi connectivity index (χ0n) is 16.2. The van der Waals surface area contributed by atoms with E-state index in [4.69, 9.17) is 49.0 Å². The number of ether oxygens (including phenoxy) is 3. The van der Waals surface area contributed by atoms with E-state index in [0.29, 0.717) is 0 Å². The molecular formula is C20H22Cl3NO7. The van der Waals surface area contributed by atoms with Crippen LogP contribution in [0.3, 0.4) is 0 Å². The topological polar surface area (TPSA) is 117 Å². The fraction of sp³-hybridized carbons (Fsp3) is 0.450. The van der Waals surface area contributed by atoms with Gasteiger partial charge in [0.15, 0.2) is 6.29 Å². The average molecular weight is 495 g/mol. The quantitative estimate of drug-likeness (QED) is 0.455. The summed E-state index contributed by atoms with van der Waals surface area (Å²) >= 11 is 16.7. The van der Waals surface area contributed by atoms with Crippen LogP contribution in [0.15, 0.2) is 42.5 Å². The predicted octanol–water partition coefficient (Wildman–Crippen LogP) is 2.26. The Morgan fingerprint density at radius 3 is 2.48 bits per heavy atom. The fourth-order valence-electron chi connectivity index (χ4n) is 3.21. The first-order valence-corrected chi connectivity index (χ1v) is 10.5. The molecule has 0 saturated carbocycles. The Morgan fingerprint density at radius 1 is 1.10 bits per heavy atom. The third-order valence-corrected chi connectivity index (χ3v) is 5.09. The van der Waals surface area contributed by atoms with Crippen molar-refractivity contribution in [3.63, 3.8) is 0 Å². The van der Waals surface area contributed by atoms with Crippen LogP contribution in [-0.4, -0.2) is 69.1 Å². The lowest BCUT2D eigenvalue weighted by Crippen LogP contribution is -2.64. The molecule has 0 radical (unpaired) electrons. The number of carbonyl (C=O) groups excluding carboxylic acids is 1. The number of nitrogens with one attached hydrogen (secondary N) is 1. The number of carbonyl (C=O) groups is 1. The van der Waals surface area contributed by atoms with Gasteiger partial charge in [0.1, 0.15) is 31.0 Å². The van der Waals surface area contributed by atoms with E-state index in [1.807, 2.05) is 42.5 Å². The van der Waals surface area contributed by atoms with Crippen LogP contribution >= 0.6 is 34.8 Å². The fourth-order valence-corrected chi connectivity index (χ4v) is 3.37. The Labute approximate surface area is 193 Å². The standard InChI is InChI=1S/C20H22Cl3NO7/c21-20(22,23)10-30-19(28)24-15-17(27)16(26)14(8-25)31-18(15)29-9-11-5-6-12-3-1-2-4-13(12)7-11/h1-7,14-18,25-27H,8-10H2,(H,24,28)/t14-,15-,16-,17-,18-/m1/s1. The number of benzene rings is 2. The molecule has 1 aliphatic rings. The van der Waals surface area contributed by atoms with Gasteiger partial charge in [0, 0.05) is 0 Å². The number of hydrogen-bond donors (Lipinski definition) is 4. The average Bonchev–Trinajstić information content (AvgIpc) is 2.74. The highest BCUT2D eigenvalue weighted by molar-refractivity contribution is 6.67. The summed E-state index contributed by atoms with van der Waals surface area (Å²) in [6, 6.07) is 12.3.